The van der Waals surface area contributed by atoms with Crippen LogP contribution in [0, 0.1) is 0 Å². The Morgan fingerprint density at radius 3 is 2.69 bits per heavy atom. The topological polar surface area (TPSA) is 38.0 Å². The van der Waals surface area contributed by atoms with E-state index in [9.17, 15) is 0 Å². The summed E-state index contributed by atoms with van der Waals surface area (Å²) in [4.78, 5) is 4.68. The monoisotopic (exact) mass is 286 g/mol. The van der Waals surface area contributed by atoms with Gasteiger partial charge in [0, 0.05) is 26.0 Å². The van der Waals surface area contributed by atoms with Gasteiger partial charge in [-0.1, -0.05) is 19.3 Å². The van der Waals surface area contributed by atoms with Gasteiger partial charge >= 0.3 is 0 Å². The molecule has 0 spiro atoms. The lowest BCUT2D eigenvalue weighted by Crippen LogP contribution is -2.10. The molecule has 1 aromatic rings. The molecule has 0 unspecified atom stereocenters. The highest BCUT2D eigenvalue weighted by Gasteiger charge is 2.22. The molecule has 1 fully saturated rings. The number of rotatable bonds is 3. The number of hydrogen-bond acceptors (Lipinski definition) is 2. The third kappa shape index (κ3) is 2.33. The van der Waals surface area contributed by atoms with Crippen LogP contribution >= 0.6 is 15.9 Å². The van der Waals surface area contributed by atoms with Crippen molar-refractivity contribution in [1.29, 1.82) is 0 Å². The van der Waals surface area contributed by atoms with Crippen molar-refractivity contribution in [3.8, 4) is 0 Å². The molecule has 0 amide bonds. The van der Waals surface area contributed by atoms with Crippen molar-refractivity contribution in [3.05, 3.63) is 16.1 Å². The van der Waals surface area contributed by atoms with Gasteiger partial charge in [0.05, 0.1) is 5.69 Å². The van der Waals surface area contributed by atoms with E-state index in [1.54, 1.807) is 0 Å². The minimum absolute atomic E-state index is 0.166. The lowest BCUT2D eigenvalue weighted by atomic mass is 9.89. The largest absolute Gasteiger partial charge is 0.396 e. The number of halogens is 1. The molecule has 1 aliphatic rings. The number of imidazole rings is 1. The van der Waals surface area contributed by atoms with E-state index in [-0.39, 0.29) is 6.61 Å². The Morgan fingerprint density at radius 2 is 2.06 bits per heavy atom. The van der Waals surface area contributed by atoms with Gasteiger partial charge in [0.1, 0.15) is 10.4 Å². The van der Waals surface area contributed by atoms with Crippen LogP contribution < -0.4 is 0 Å². The molecular formula is C12H19BrN2O. The Kier molecular flexibility index (Phi) is 4.03. The smallest absolute Gasteiger partial charge is 0.112 e. The highest BCUT2D eigenvalue weighted by Crippen LogP contribution is 2.33. The molecule has 1 saturated carbocycles. The maximum absolute atomic E-state index is 8.98. The van der Waals surface area contributed by atoms with Crippen LogP contribution in [-0.4, -0.2) is 21.3 Å². The molecule has 0 atom stereocenters. The number of nitrogens with zero attached hydrogens (tertiary/aromatic N) is 2. The van der Waals surface area contributed by atoms with Crippen LogP contribution in [-0.2, 0) is 13.5 Å². The van der Waals surface area contributed by atoms with Crippen LogP contribution in [0.2, 0.25) is 0 Å². The van der Waals surface area contributed by atoms with Crippen molar-refractivity contribution < 1.29 is 5.11 Å². The highest BCUT2D eigenvalue weighted by molar-refractivity contribution is 9.10. The predicted molar refractivity (Wildman–Crippen MR) is 67.5 cm³/mol. The first kappa shape index (κ1) is 12.1. The van der Waals surface area contributed by atoms with Crippen molar-refractivity contribution in [2.45, 2.75) is 44.4 Å². The molecule has 1 N–H and O–H groups in total. The van der Waals surface area contributed by atoms with E-state index in [0.29, 0.717) is 12.3 Å². The SMILES string of the molecule is Cn1c(C2CCCCC2)nc(CCO)c1Br. The molecule has 0 saturated heterocycles. The molecule has 0 radical (unpaired) electrons. The molecule has 1 aliphatic carbocycles. The van der Waals surface area contributed by atoms with E-state index in [1.165, 1.54) is 37.9 Å². The van der Waals surface area contributed by atoms with Gasteiger partial charge in [-0.2, -0.15) is 0 Å². The summed E-state index contributed by atoms with van der Waals surface area (Å²) in [6.07, 6.45) is 7.17. The average Bonchev–Trinajstić information content (AvgIpc) is 2.59. The van der Waals surface area contributed by atoms with Crippen molar-refractivity contribution in [2.75, 3.05) is 6.61 Å². The molecule has 2 rings (SSSR count). The summed E-state index contributed by atoms with van der Waals surface area (Å²) in [5, 5.41) is 8.98. The Hall–Kier alpha value is -0.350. The minimum atomic E-state index is 0.166. The van der Waals surface area contributed by atoms with E-state index in [0.717, 1.165) is 10.3 Å². The Bertz CT molecular complexity index is 356. The summed E-state index contributed by atoms with van der Waals surface area (Å²) in [6.45, 7) is 0.166. The van der Waals surface area contributed by atoms with Gasteiger partial charge in [-0.3, -0.25) is 0 Å². The van der Waals surface area contributed by atoms with Crippen molar-refractivity contribution >= 4 is 15.9 Å². The quantitative estimate of drug-likeness (QED) is 0.928. The fourth-order valence-corrected chi connectivity index (χ4v) is 3.01. The molecule has 0 aromatic carbocycles. The van der Waals surface area contributed by atoms with Crippen molar-refractivity contribution in [1.82, 2.24) is 9.55 Å². The van der Waals surface area contributed by atoms with Gasteiger partial charge in [-0.05, 0) is 28.8 Å². The molecule has 0 aliphatic heterocycles. The normalized spacial score (nSPS) is 17.9. The molecular weight excluding hydrogens is 268 g/mol. The number of hydrogen-bond donors (Lipinski definition) is 1. The Balaban J connectivity index is 2.22. The third-order valence-electron chi connectivity index (χ3n) is 3.44. The maximum Gasteiger partial charge on any atom is 0.112 e. The zero-order valence-electron chi connectivity index (χ0n) is 9.75. The van der Waals surface area contributed by atoms with E-state index >= 15 is 0 Å². The molecule has 16 heavy (non-hydrogen) atoms. The molecule has 4 heteroatoms. The van der Waals surface area contributed by atoms with Crippen LogP contribution in [0.15, 0.2) is 4.60 Å². The van der Waals surface area contributed by atoms with E-state index in [1.807, 2.05) is 0 Å². The second-order valence-corrected chi connectivity index (χ2v) is 5.33. The first-order valence-corrected chi connectivity index (χ1v) is 6.85. The van der Waals surface area contributed by atoms with Gasteiger partial charge in [0.2, 0.25) is 0 Å². The van der Waals surface area contributed by atoms with Crippen LogP contribution in [0.4, 0.5) is 0 Å². The van der Waals surface area contributed by atoms with Crippen molar-refractivity contribution in [2.24, 2.45) is 7.05 Å². The molecule has 3 nitrogen and oxygen atoms in total. The summed E-state index contributed by atoms with van der Waals surface area (Å²) in [7, 11) is 2.06. The maximum atomic E-state index is 8.98. The number of aromatic nitrogens is 2. The number of aliphatic hydroxyl groups is 1. The summed E-state index contributed by atoms with van der Waals surface area (Å²) < 4.78 is 3.17. The standard InChI is InChI=1S/C12H19BrN2O/c1-15-11(13)10(7-8-16)14-12(15)9-5-3-2-4-6-9/h9,16H,2-8H2,1H3. The summed E-state index contributed by atoms with van der Waals surface area (Å²) in [5.74, 6) is 1.80. The second-order valence-electron chi connectivity index (χ2n) is 4.58. The number of aliphatic hydroxyl groups excluding tert-OH is 1. The van der Waals surface area contributed by atoms with E-state index < -0.39 is 0 Å². The zero-order chi connectivity index (χ0) is 11.5. The summed E-state index contributed by atoms with van der Waals surface area (Å²) in [6, 6.07) is 0. The molecule has 0 bridgehead atoms. The molecule has 90 valence electrons. The first-order valence-electron chi connectivity index (χ1n) is 6.06. The van der Waals surface area contributed by atoms with Crippen LogP contribution in [0.25, 0.3) is 0 Å². The van der Waals surface area contributed by atoms with Gasteiger partial charge in [-0.15, -0.1) is 0 Å². The van der Waals surface area contributed by atoms with Gasteiger partial charge in [0.25, 0.3) is 0 Å². The van der Waals surface area contributed by atoms with Gasteiger partial charge in [0.15, 0.2) is 0 Å². The van der Waals surface area contributed by atoms with Crippen LogP contribution in [0.5, 0.6) is 0 Å². The van der Waals surface area contributed by atoms with Crippen LogP contribution in [0.1, 0.15) is 49.5 Å². The highest BCUT2D eigenvalue weighted by atomic mass is 79.9. The first-order chi connectivity index (χ1) is 7.74. The van der Waals surface area contributed by atoms with Crippen LogP contribution in [0.3, 0.4) is 0 Å². The van der Waals surface area contributed by atoms with Gasteiger partial charge in [-0.25, -0.2) is 4.98 Å². The lowest BCUT2D eigenvalue weighted by Gasteiger charge is -2.21. The van der Waals surface area contributed by atoms with E-state index in [2.05, 4.69) is 32.5 Å². The van der Waals surface area contributed by atoms with Crippen molar-refractivity contribution in [3.63, 3.8) is 0 Å². The summed E-state index contributed by atoms with van der Waals surface area (Å²) >= 11 is 3.56. The van der Waals surface area contributed by atoms with E-state index in [4.69, 9.17) is 5.11 Å². The molecule has 1 aromatic heterocycles. The lowest BCUT2D eigenvalue weighted by molar-refractivity contribution is 0.298. The fraction of sp³-hybridized carbons (Fsp3) is 0.750. The predicted octanol–water partition coefficient (Wildman–Crippen LogP) is 2.77. The average molecular weight is 287 g/mol. The minimum Gasteiger partial charge on any atom is -0.396 e. The van der Waals surface area contributed by atoms with Gasteiger partial charge < -0.3 is 9.67 Å². The third-order valence-corrected chi connectivity index (χ3v) is 4.43. The fourth-order valence-electron chi connectivity index (χ4n) is 2.54. The Labute approximate surface area is 105 Å². The molecule has 1 heterocycles. The summed E-state index contributed by atoms with van der Waals surface area (Å²) in [5.41, 5.74) is 0.991. The second kappa shape index (κ2) is 5.32. The zero-order valence-corrected chi connectivity index (χ0v) is 11.3. The Morgan fingerprint density at radius 1 is 1.38 bits per heavy atom.